The Labute approximate surface area is 139 Å². The number of aryl methyl sites for hydroxylation is 3. The standard InChI is InChI=1S/C17H18N4O3/c1-10-14(11(2)23-20-10)9-16(22)19-15-7-5-4-6-13(15)8-17-18-12(3)21-24-17/h4-7H,8-9H2,1-3H3,(H,19,22). The minimum atomic E-state index is -0.126. The number of nitrogens with one attached hydrogen (secondary N) is 1. The molecule has 0 unspecified atom stereocenters. The van der Waals surface area contributed by atoms with Crippen LogP contribution in [-0.2, 0) is 17.6 Å². The molecule has 1 aromatic carbocycles. The van der Waals surface area contributed by atoms with Crippen molar-refractivity contribution in [2.24, 2.45) is 0 Å². The van der Waals surface area contributed by atoms with Gasteiger partial charge in [-0.25, -0.2) is 0 Å². The number of anilines is 1. The Morgan fingerprint density at radius 3 is 2.58 bits per heavy atom. The van der Waals surface area contributed by atoms with Gasteiger partial charge in [-0.1, -0.05) is 28.5 Å². The second-order valence-electron chi connectivity index (χ2n) is 5.60. The molecular formula is C17H18N4O3. The number of amides is 1. The molecule has 3 rings (SSSR count). The highest BCUT2D eigenvalue weighted by molar-refractivity contribution is 5.93. The minimum absolute atomic E-state index is 0.126. The molecule has 0 radical (unpaired) electrons. The van der Waals surface area contributed by atoms with Crippen LogP contribution in [0.1, 0.15) is 34.3 Å². The van der Waals surface area contributed by atoms with Crippen LogP contribution in [0.3, 0.4) is 0 Å². The number of hydrogen-bond acceptors (Lipinski definition) is 6. The number of carbonyl (C=O) groups excluding carboxylic acids is 1. The van der Waals surface area contributed by atoms with Crippen molar-refractivity contribution in [2.75, 3.05) is 5.32 Å². The van der Waals surface area contributed by atoms with Crippen LogP contribution < -0.4 is 5.32 Å². The number of carbonyl (C=O) groups is 1. The Morgan fingerprint density at radius 2 is 1.92 bits per heavy atom. The normalized spacial score (nSPS) is 10.8. The molecule has 0 aliphatic heterocycles. The van der Waals surface area contributed by atoms with Gasteiger partial charge in [-0.3, -0.25) is 4.79 Å². The maximum atomic E-state index is 12.4. The molecule has 24 heavy (non-hydrogen) atoms. The van der Waals surface area contributed by atoms with Crippen molar-refractivity contribution in [3.8, 4) is 0 Å². The fourth-order valence-corrected chi connectivity index (χ4v) is 2.48. The van der Waals surface area contributed by atoms with Crippen LogP contribution in [-0.4, -0.2) is 21.2 Å². The van der Waals surface area contributed by atoms with E-state index < -0.39 is 0 Å². The Balaban J connectivity index is 1.74. The Bertz CT molecular complexity index is 847. The zero-order valence-corrected chi connectivity index (χ0v) is 13.8. The maximum absolute atomic E-state index is 12.4. The third-order valence-electron chi connectivity index (χ3n) is 3.72. The second-order valence-corrected chi connectivity index (χ2v) is 5.60. The molecule has 7 heteroatoms. The summed E-state index contributed by atoms with van der Waals surface area (Å²) in [7, 11) is 0. The molecule has 0 aliphatic carbocycles. The number of rotatable bonds is 5. The van der Waals surface area contributed by atoms with Gasteiger partial charge in [0.05, 0.1) is 18.5 Å². The van der Waals surface area contributed by atoms with Crippen molar-refractivity contribution >= 4 is 11.6 Å². The molecule has 7 nitrogen and oxygen atoms in total. The van der Waals surface area contributed by atoms with Crippen LogP contribution in [0.4, 0.5) is 5.69 Å². The third kappa shape index (κ3) is 3.51. The molecule has 0 saturated heterocycles. The Kier molecular flexibility index (Phi) is 4.41. The van der Waals surface area contributed by atoms with Gasteiger partial charge in [-0.15, -0.1) is 0 Å². The van der Waals surface area contributed by atoms with Crippen LogP contribution in [0.5, 0.6) is 0 Å². The van der Waals surface area contributed by atoms with Gasteiger partial charge in [0.25, 0.3) is 0 Å². The van der Waals surface area contributed by atoms with Crippen molar-refractivity contribution in [1.82, 2.24) is 15.3 Å². The molecule has 0 saturated carbocycles. The first-order chi connectivity index (χ1) is 11.5. The van der Waals surface area contributed by atoms with E-state index in [2.05, 4.69) is 20.6 Å². The summed E-state index contributed by atoms with van der Waals surface area (Å²) in [6.07, 6.45) is 0.678. The first-order valence-corrected chi connectivity index (χ1v) is 7.61. The lowest BCUT2D eigenvalue weighted by Gasteiger charge is -2.09. The van der Waals surface area contributed by atoms with Crippen LogP contribution in [0, 0.1) is 20.8 Å². The number of nitrogens with zero attached hydrogens (tertiary/aromatic N) is 3. The van der Waals surface area contributed by atoms with Gasteiger partial charge in [0, 0.05) is 11.3 Å². The quantitative estimate of drug-likeness (QED) is 0.775. The van der Waals surface area contributed by atoms with E-state index >= 15 is 0 Å². The number of para-hydroxylation sites is 1. The SMILES string of the molecule is Cc1noc(Cc2ccccc2NC(=O)Cc2c(C)noc2C)n1. The molecule has 1 amide bonds. The lowest BCUT2D eigenvalue weighted by molar-refractivity contribution is -0.115. The summed E-state index contributed by atoms with van der Waals surface area (Å²) < 4.78 is 10.2. The summed E-state index contributed by atoms with van der Waals surface area (Å²) in [6.45, 7) is 5.39. The first-order valence-electron chi connectivity index (χ1n) is 7.61. The molecule has 0 atom stereocenters. The molecule has 2 heterocycles. The lowest BCUT2D eigenvalue weighted by Crippen LogP contribution is -2.16. The Morgan fingerprint density at radius 1 is 1.12 bits per heavy atom. The van der Waals surface area contributed by atoms with Gasteiger partial charge in [0.2, 0.25) is 11.8 Å². The number of benzene rings is 1. The van der Waals surface area contributed by atoms with Crippen LogP contribution in [0.15, 0.2) is 33.3 Å². The van der Waals surface area contributed by atoms with E-state index in [1.165, 1.54) is 0 Å². The highest BCUT2D eigenvalue weighted by Crippen LogP contribution is 2.20. The zero-order chi connectivity index (χ0) is 17.1. The molecule has 0 bridgehead atoms. The summed E-state index contributed by atoms with van der Waals surface area (Å²) in [5.74, 6) is 1.64. The molecule has 0 spiro atoms. The summed E-state index contributed by atoms with van der Waals surface area (Å²) >= 11 is 0. The highest BCUT2D eigenvalue weighted by atomic mass is 16.5. The zero-order valence-electron chi connectivity index (χ0n) is 13.8. The highest BCUT2D eigenvalue weighted by Gasteiger charge is 2.15. The third-order valence-corrected chi connectivity index (χ3v) is 3.72. The van der Waals surface area contributed by atoms with Crippen LogP contribution in [0.2, 0.25) is 0 Å². The summed E-state index contributed by atoms with van der Waals surface area (Å²) in [5.41, 5.74) is 3.19. The fourth-order valence-electron chi connectivity index (χ4n) is 2.48. The smallest absolute Gasteiger partial charge is 0.231 e. The van der Waals surface area contributed by atoms with Gasteiger partial charge in [0.15, 0.2) is 5.82 Å². The van der Waals surface area contributed by atoms with Crippen molar-refractivity contribution in [3.05, 3.63) is 58.6 Å². The topological polar surface area (TPSA) is 94.1 Å². The average molecular weight is 326 g/mol. The van der Waals surface area contributed by atoms with E-state index in [9.17, 15) is 4.79 Å². The Hall–Kier alpha value is -2.96. The summed E-state index contributed by atoms with van der Waals surface area (Å²) in [5, 5.41) is 10.6. The van der Waals surface area contributed by atoms with Crippen LogP contribution in [0.25, 0.3) is 0 Å². The lowest BCUT2D eigenvalue weighted by atomic mass is 10.1. The fraction of sp³-hybridized carbons (Fsp3) is 0.294. The van der Waals surface area contributed by atoms with Gasteiger partial charge in [-0.05, 0) is 32.4 Å². The molecule has 1 N–H and O–H groups in total. The molecule has 3 aromatic rings. The van der Waals surface area contributed by atoms with E-state index in [0.717, 1.165) is 22.5 Å². The van der Waals surface area contributed by atoms with E-state index in [1.807, 2.05) is 31.2 Å². The largest absolute Gasteiger partial charge is 0.361 e. The van der Waals surface area contributed by atoms with Gasteiger partial charge < -0.3 is 14.4 Å². The number of hydrogen-bond donors (Lipinski definition) is 1. The van der Waals surface area contributed by atoms with E-state index in [1.54, 1.807) is 13.8 Å². The van der Waals surface area contributed by atoms with Gasteiger partial charge in [-0.2, -0.15) is 4.98 Å². The molecular weight excluding hydrogens is 308 g/mol. The predicted molar refractivity (Wildman–Crippen MR) is 86.6 cm³/mol. The molecule has 124 valence electrons. The number of aromatic nitrogens is 3. The van der Waals surface area contributed by atoms with E-state index in [-0.39, 0.29) is 12.3 Å². The minimum Gasteiger partial charge on any atom is -0.361 e. The monoisotopic (exact) mass is 326 g/mol. The summed E-state index contributed by atoms with van der Waals surface area (Å²) in [6, 6.07) is 7.55. The molecule has 0 aliphatic rings. The molecule has 0 fully saturated rings. The summed E-state index contributed by atoms with van der Waals surface area (Å²) in [4.78, 5) is 16.6. The van der Waals surface area contributed by atoms with Crippen LogP contribution >= 0.6 is 0 Å². The maximum Gasteiger partial charge on any atom is 0.231 e. The predicted octanol–water partition coefficient (Wildman–Crippen LogP) is 2.75. The van der Waals surface area contributed by atoms with Crippen molar-refractivity contribution in [2.45, 2.75) is 33.6 Å². The molecule has 2 aromatic heterocycles. The van der Waals surface area contributed by atoms with Crippen molar-refractivity contribution in [3.63, 3.8) is 0 Å². The average Bonchev–Trinajstić information content (AvgIpc) is 3.09. The first kappa shape index (κ1) is 15.9. The van der Waals surface area contributed by atoms with E-state index in [0.29, 0.717) is 23.9 Å². The second kappa shape index (κ2) is 6.66. The van der Waals surface area contributed by atoms with Gasteiger partial charge >= 0.3 is 0 Å². The van der Waals surface area contributed by atoms with Gasteiger partial charge in [0.1, 0.15) is 5.76 Å². The van der Waals surface area contributed by atoms with Crippen molar-refractivity contribution in [1.29, 1.82) is 0 Å². The van der Waals surface area contributed by atoms with E-state index in [4.69, 9.17) is 9.05 Å². The van der Waals surface area contributed by atoms with Crippen molar-refractivity contribution < 1.29 is 13.8 Å².